The minimum Gasteiger partial charge on any atom is -0.384 e. The van der Waals surface area contributed by atoms with Crippen LogP contribution in [0.4, 0.5) is 0 Å². The Balaban J connectivity index is 3.84. The second-order valence-corrected chi connectivity index (χ2v) is 4.28. The van der Waals surface area contributed by atoms with E-state index in [4.69, 9.17) is 4.74 Å². The van der Waals surface area contributed by atoms with Crippen LogP contribution in [0.15, 0.2) is 0 Å². The fraction of sp³-hybridized carbons (Fsp3) is 1.00. The Morgan fingerprint density at radius 3 is 2.08 bits per heavy atom. The first-order valence-electron chi connectivity index (χ1n) is 5.07. The Kier molecular flexibility index (Phi) is 5.56. The zero-order chi connectivity index (χ0) is 9.61. The molecule has 0 aromatic carbocycles. The molecule has 0 N–H and O–H groups in total. The van der Waals surface area contributed by atoms with Crippen LogP contribution in [-0.2, 0) is 4.74 Å². The van der Waals surface area contributed by atoms with Gasteiger partial charge in [-0.1, -0.05) is 40.5 Å². The summed E-state index contributed by atoms with van der Waals surface area (Å²) in [5.41, 5.74) is 0.526. The van der Waals surface area contributed by atoms with Gasteiger partial charge in [-0.05, 0) is 17.8 Å². The van der Waals surface area contributed by atoms with Crippen molar-refractivity contribution in [3.8, 4) is 0 Å². The predicted molar refractivity (Wildman–Crippen MR) is 54.3 cm³/mol. The SMILES string of the molecule is CCC(C)(CC)CC(C)COC. The fourth-order valence-electron chi connectivity index (χ4n) is 1.72. The summed E-state index contributed by atoms with van der Waals surface area (Å²) >= 11 is 0. The van der Waals surface area contributed by atoms with Crippen LogP contribution in [0.2, 0.25) is 0 Å². The van der Waals surface area contributed by atoms with Crippen molar-refractivity contribution in [1.82, 2.24) is 0 Å². The number of methoxy groups -OCH3 is 1. The minimum atomic E-state index is 0.526. The van der Waals surface area contributed by atoms with Crippen molar-refractivity contribution in [3.63, 3.8) is 0 Å². The van der Waals surface area contributed by atoms with Gasteiger partial charge < -0.3 is 4.74 Å². The summed E-state index contributed by atoms with van der Waals surface area (Å²) < 4.78 is 5.14. The van der Waals surface area contributed by atoms with Crippen molar-refractivity contribution < 1.29 is 4.74 Å². The zero-order valence-corrected chi connectivity index (χ0v) is 9.31. The Labute approximate surface area is 77.5 Å². The summed E-state index contributed by atoms with van der Waals surface area (Å²) in [6.45, 7) is 10.1. The maximum absolute atomic E-state index is 5.14. The van der Waals surface area contributed by atoms with Crippen molar-refractivity contribution in [3.05, 3.63) is 0 Å². The topological polar surface area (TPSA) is 9.23 Å². The minimum absolute atomic E-state index is 0.526. The molecule has 0 aromatic heterocycles. The van der Waals surface area contributed by atoms with Gasteiger partial charge in [0.25, 0.3) is 0 Å². The zero-order valence-electron chi connectivity index (χ0n) is 9.31. The molecule has 0 aliphatic rings. The van der Waals surface area contributed by atoms with Gasteiger partial charge in [0.1, 0.15) is 0 Å². The molecule has 1 heteroatoms. The Hall–Kier alpha value is -0.0400. The smallest absolute Gasteiger partial charge is 0.0488 e. The quantitative estimate of drug-likeness (QED) is 0.596. The third-order valence-corrected chi connectivity index (χ3v) is 3.00. The van der Waals surface area contributed by atoms with Crippen LogP contribution < -0.4 is 0 Å². The molecule has 0 aliphatic heterocycles. The van der Waals surface area contributed by atoms with Gasteiger partial charge in [0.2, 0.25) is 0 Å². The van der Waals surface area contributed by atoms with Crippen molar-refractivity contribution in [1.29, 1.82) is 0 Å². The van der Waals surface area contributed by atoms with Crippen molar-refractivity contribution in [2.45, 2.75) is 47.0 Å². The van der Waals surface area contributed by atoms with E-state index in [-0.39, 0.29) is 0 Å². The molecule has 12 heavy (non-hydrogen) atoms. The van der Waals surface area contributed by atoms with E-state index in [0.717, 1.165) is 6.61 Å². The van der Waals surface area contributed by atoms with Crippen molar-refractivity contribution in [2.75, 3.05) is 13.7 Å². The van der Waals surface area contributed by atoms with E-state index < -0.39 is 0 Å². The lowest BCUT2D eigenvalue weighted by atomic mass is 9.77. The average Bonchev–Trinajstić information content (AvgIpc) is 2.05. The van der Waals surface area contributed by atoms with Crippen molar-refractivity contribution in [2.24, 2.45) is 11.3 Å². The molecule has 1 atom stereocenters. The molecule has 1 nitrogen and oxygen atoms in total. The van der Waals surface area contributed by atoms with Crippen LogP contribution in [0, 0.1) is 11.3 Å². The first kappa shape index (κ1) is 12.0. The molecule has 0 radical (unpaired) electrons. The third-order valence-electron chi connectivity index (χ3n) is 3.00. The van der Waals surface area contributed by atoms with E-state index in [9.17, 15) is 0 Å². The van der Waals surface area contributed by atoms with Gasteiger partial charge in [0.15, 0.2) is 0 Å². The Morgan fingerprint density at radius 2 is 1.75 bits per heavy atom. The highest BCUT2D eigenvalue weighted by Gasteiger charge is 2.22. The molecule has 0 saturated heterocycles. The van der Waals surface area contributed by atoms with Crippen molar-refractivity contribution >= 4 is 0 Å². The van der Waals surface area contributed by atoms with Gasteiger partial charge in [-0.15, -0.1) is 0 Å². The standard InChI is InChI=1S/C11H24O/c1-6-11(4,7-2)8-10(3)9-12-5/h10H,6-9H2,1-5H3. The summed E-state index contributed by atoms with van der Waals surface area (Å²) in [7, 11) is 1.78. The van der Waals surface area contributed by atoms with E-state index in [1.54, 1.807) is 7.11 Å². The van der Waals surface area contributed by atoms with Crippen LogP contribution in [-0.4, -0.2) is 13.7 Å². The molecule has 0 aromatic rings. The Morgan fingerprint density at radius 1 is 1.25 bits per heavy atom. The number of ether oxygens (including phenoxy) is 1. The first-order chi connectivity index (χ1) is 5.58. The lowest BCUT2D eigenvalue weighted by Crippen LogP contribution is -2.19. The van der Waals surface area contributed by atoms with E-state index in [2.05, 4.69) is 27.7 Å². The summed E-state index contributed by atoms with van der Waals surface area (Å²) in [5.74, 6) is 0.694. The predicted octanol–water partition coefficient (Wildman–Crippen LogP) is 3.49. The molecule has 0 fully saturated rings. The summed E-state index contributed by atoms with van der Waals surface area (Å²) in [6, 6.07) is 0. The van der Waals surface area contributed by atoms with Gasteiger partial charge in [0.05, 0.1) is 0 Å². The molecule has 0 aliphatic carbocycles. The van der Waals surface area contributed by atoms with E-state index in [0.29, 0.717) is 11.3 Å². The largest absolute Gasteiger partial charge is 0.384 e. The van der Waals surface area contributed by atoms with Crippen LogP contribution in [0.1, 0.15) is 47.0 Å². The van der Waals surface area contributed by atoms with Crippen LogP contribution in [0.5, 0.6) is 0 Å². The third kappa shape index (κ3) is 4.10. The molecule has 0 heterocycles. The normalized spacial score (nSPS) is 14.8. The first-order valence-corrected chi connectivity index (χ1v) is 5.07. The van der Waals surface area contributed by atoms with Gasteiger partial charge >= 0.3 is 0 Å². The average molecular weight is 172 g/mol. The number of hydrogen-bond donors (Lipinski definition) is 0. The van der Waals surface area contributed by atoms with Gasteiger partial charge in [0, 0.05) is 13.7 Å². The molecular formula is C11H24O. The lowest BCUT2D eigenvalue weighted by molar-refractivity contribution is 0.121. The molecule has 0 saturated carbocycles. The molecule has 0 amide bonds. The maximum atomic E-state index is 5.14. The van der Waals surface area contributed by atoms with E-state index >= 15 is 0 Å². The second-order valence-electron chi connectivity index (χ2n) is 4.28. The highest BCUT2D eigenvalue weighted by Crippen LogP contribution is 2.32. The number of hydrogen-bond acceptors (Lipinski definition) is 1. The molecule has 0 bridgehead atoms. The van der Waals surface area contributed by atoms with Crippen LogP contribution in [0.3, 0.4) is 0 Å². The van der Waals surface area contributed by atoms with Crippen LogP contribution >= 0.6 is 0 Å². The molecule has 74 valence electrons. The van der Waals surface area contributed by atoms with Gasteiger partial charge in [-0.3, -0.25) is 0 Å². The molecule has 0 rings (SSSR count). The number of rotatable bonds is 6. The highest BCUT2D eigenvalue weighted by molar-refractivity contribution is 4.73. The van der Waals surface area contributed by atoms with Gasteiger partial charge in [-0.25, -0.2) is 0 Å². The summed E-state index contributed by atoms with van der Waals surface area (Å²) in [5, 5.41) is 0. The molecular weight excluding hydrogens is 148 g/mol. The Bertz CT molecular complexity index is 106. The lowest BCUT2D eigenvalue weighted by Gasteiger charge is -2.29. The second kappa shape index (κ2) is 5.58. The monoisotopic (exact) mass is 172 g/mol. The molecule has 1 unspecified atom stereocenters. The fourth-order valence-corrected chi connectivity index (χ4v) is 1.72. The molecule has 0 spiro atoms. The van der Waals surface area contributed by atoms with E-state index in [1.165, 1.54) is 19.3 Å². The van der Waals surface area contributed by atoms with E-state index in [1.807, 2.05) is 0 Å². The maximum Gasteiger partial charge on any atom is 0.0488 e. The van der Waals surface area contributed by atoms with Gasteiger partial charge in [-0.2, -0.15) is 0 Å². The highest BCUT2D eigenvalue weighted by atomic mass is 16.5. The summed E-state index contributed by atoms with van der Waals surface area (Å²) in [4.78, 5) is 0. The summed E-state index contributed by atoms with van der Waals surface area (Å²) in [6.07, 6.45) is 3.84. The van der Waals surface area contributed by atoms with Crippen LogP contribution in [0.25, 0.3) is 0 Å².